The number of aromatic nitrogens is 4. The van der Waals surface area contributed by atoms with Crippen LogP contribution in [0.15, 0.2) is 53.4 Å². The summed E-state index contributed by atoms with van der Waals surface area (Å²) < 4.78 is 27.4. The molecule has 3 aromatic rings. The van der Waals surface area contributed by atoms with E-state index in [9.17, 15) is 13.2 Å². The Morgan fingerprint density at radius 2 is 1.77 bits per heavy atom. The molecular formula is C19H19Cl2N5O3S. The Bertz CT molecular complexity index is 1120. The first-order valence-corrected chi connectivity index (χ1v) is 11.3. The van der Waals surface area contributed by atoms with E-state index in [0.29, 0.717) is 21.4 Å². The van der Waals surface area contributed by atoms with Gasteiger partial charge in [-0.25, -0.2) is 13.1 Å². The number of nitrogens with one attached hydrogen (secondary N) is 1. The van der Waals surface area contributed by atoms with Gasteiger partial charge >= 0.3 is 0 Å². The fraction of sp³-hybridized carbons (Fsp3) is 0.263. The lowest BCUT2D eigenvalue weighted by Gasteiger charge is -2.15. The van der Waals surface area contributed by atoms with E-state index in [1.165, 1.54) is 12.1 Å². The average molecular weight is 468 g/mol. The number of carbonyl (C=O) groups is 1. The Morgan fingerprint density at radius 3 is 2.40 bits per heavy atom. The highest BCUT2D eigenvalue weighted by molar-refractivity contribution is 7.89. The first-order chi connectivity index (χ1) is 14.3. The lowest BCUT2D eigenvalue weighted by atomic mass is 10.1. The maximum absolute atomic E-state index is 12.6. The van der Waals surface area contributed by atoms with Gasteiger partial charge in [0, 0.05) is 16.5 Å². The summed E-state index contributed by atoms with van der Waals surface area (Å²) in [5, 5.41) is 12.9. The third kappa shape index (κ3) is 5.42. The number of nitrogens with zero attached hydrogens (tertiary/aromatic N) is 4. The molecular weight excluding hydrogens is 449 g/mol. The zero-order valence-electron chi connectivity index (χ0n) is 16.0. The average Bonchev–Trinajstić information content (AvgIpc) is 3.16. The Hall–Kier alpha value is -2.33. The molecule has 0 spiro atoms. The number of halogens is 2. The van der Waals surface area contributed by atoms with E-state index in [1.807, 2.05) is 0 Å². The smallest absolute Gasteiger partial charge is 0.241 e. The summed E-state index contributed by atoms with van der Waals surface area (Å²) in [5.74, 6) is -0.0348. The van der Waals surface area contributed by atoms with E-state index in [2.05, 4.69) is 20.1 Å². The molecule has 1 aromatic heterocycles. The van der Waals surface area contributed by atoms with Crippen LogP contribution in [-0.2, 0) is 27.8 Å². The summed E-state index contributed by atoms with van der Waals surface area (Å²) in [7, 11) is -3.82. The van der Waals surface area contributed by atoms with Gasteiger partial charge in [0.2, 0.25) is 10.0 Å². The predicted octanol–water partition coefficient (Wildman–Crippen LogP) is 2.90. The van der Waals surface area contributed by atoms with E-state index >= 15 is 0 Å². The number of ketones is 1. The van der Waals surface area contributed by atoms with E-state index in [-0.39, 0.29) is 30.1 Å². The first-order valence-electron chi connectivity index (χ1n) is 9.10. The van der Waals surface area contributed by atoms with Gasteiger partial charge in [0.1, 0.15) is 6.54 Å². The SMILES string of the molecule is CCC(NS(=O)(=O)c1ccccc1)C(=O)Cn1nnc(Cc2c(Cl)cccc2Cl)n1. The second-order valence-electron chi connectivity index (χ2n) is 6.47. The van der Waals surface area contributed by atoms with Gasteiger partial charge < -0.3 is 0 Å². The predicted molar refractivity (Wildman–Crippen MR) is 113 cm³/mol. The summed E-state index contributed by atoms with van der Waals surface area (Å²) in [5.41, 5.74) is 0.661. The number of rotatable bonds is 9. The van der Waals surface area contributed by atoms with E-state index in [0.717, 1.165) is 4.80 Å². The zero-order valence-corrected chi connectivity index (χ0v) is 18.3. The van der Waals surface area contributed by atoms with Gasteiger partial charge in [-0.15, -0.1) is 10.2 Å². The van der Waals surface area contributed by atoms with E-state index < -0.39 is 16.1 Å². The molecule has 8 nitrogen and oxygen atoms in total. The number of carbonyl (C=O) groups excluding carboxylic acids is 1. The summed E-state index contributed by atoms with van der Waals surface area (Å²) in [4.78, 5) is 13.8. The molecule has 0 bridgehead atoms. The van der Waals surface area contributed by atoms with Gasteiger partial charge in [-0.2, -0.15) is 4.80 Å². The summed E-state index contributed by atoms with van der Waals surface area (Å²) in [6, 6.07) is 12.1. The van der Waals surface area contributed by atoms with Crippen LogP contribution in [0.3, 0.4) is 0 Å². The van der Waals surface area contributed by atoms with Gasteiger partial charge in [-0.1, -0.05) is 54.4 Å². The molecule has 1 N–H and O–H groups in total. The van der Waals surface area contributed by atoms with Crippen molar-refractivity contribution in [3.05, 3.63) is 70.0 Å². The fourth-order valence-electron chi connectivity index (χ4n) is 2.75. The van der Waals surface area contributed by atoms with Crippen LogP contribution >= 0.6 is 23.2 Å². The zero-order chi connectivity index (χ0) is 21.7. The van der Waals surface area contributed by atoms with E-state index in [4.69, 9.17) is 23.2 Å². The molecule has 3 rings (SSSR count). The Balaban J connectivity index is 1.68. The molecule has 0 radical (unpaired) electrons. The standard InChI is InChI=1S/C19H19Cl2N5O3S/c1-2-17(24-30(28,29)13-7-4-3-5-8-13)18(27)12-26-23-19(22-25-26)11-14-15(20)9-6-10-16(14)21/h3-10,17,24H,2,11-12H2,1H3. The van der Waals surface area contributed by atoms with Crippen molar-refractivity contribution in [3.63, 3.8) is 0 Å². The van der Waals surface area contributed by atoms with Gasteiger partial charge in [0.15, 0.2) is 11.6 Å². The molecule has 0 aliphatic carbocycles. The van der Waals surface area contributed by atoms with Crippen molar-refractivity contribution in [3.8, 4) is 0 Å². The Kier molecular flexibility index (Phi) is 7.19. The highest BCUT2D eigenvalue weighted by Gasteiger charge is 2.25. The highest BCUT2D eigenvalue weighted by Crippen LogP contribution is 2.25. The summed E-state index contributed by atoms with van der Waals surface area (Å²) in [6.45, 7) is 1.49. The minimum Gasteiger partial charge on any atom is -0.296 e. The Morgan fingerprint density at radius 1 is 1.10 bits per heavy atom. The molecule has 0 aliphatic heterocycles. The second kappa shape index (κ2) is 9.65. The van der Waals surface area contributed by atoms with Crippen molar-refractivity contribution < 1.29 is 13.2 Å². The van der Waals surface area contributed by atoms with Gasteiger partial charge in [0.05, 0.1) is 10.9 Å². The lowest BCUT2D eigenvalue weighted by Crippen LogP contribution is -2.42. The molecule has 0 aliphatic rings. The molecule has 1 atom stereocenters. The van der Waals surface area contributed by atoms with Crippen LogP contribution in [0.4, 0.5) is 0 Å². The molecule has 0 amide bonds. The molecule has 0 fully saturated rings. The maximum atomic E-state index is 12.6. The maximum Gasteiger partial charge on any atom is 0.241 e. The molecule has 1 unspecified atom stereocenters. The van der Waals surface area contributed by atoms with Crippen molar-refractivity contribution >= 4 is 39.0 Å². The minimum atomic E-state index is -3.82. The van der Waals surface area contributed by atoms with Crippen LogP contribution in [-0.4, -0.2) is 40.5 Å². The summed E-state index contributed by atoms with van der Waals surface area (Å²) in [6.07, 6.45) is 0.534. The molecule has 0 saturated heterocycles. The van der Waals surface area contributed by atoms with E-state index in [1.54, 1.807) is 43.3 Å². The summed E-state index contributed by atoms with van der Waals surface area (Å²) >= 11 is 12.3. The first kappa shape index (κ1) is 22.4. The van der Waals surface area contributed by atoms with Crippen LogP contribution < -0.4 is 4.72 Å². The van der Waals surface area contributed by atoms with Crippen LogP contribution in [0.1, 0.15) is 24.7 Å². The van der Waals surface area contributed by atoms with Gasteiger partial charge in [0.25, 0.3) is 0 Å². The van der Waals surface area contributed by atoms with Crippen LogP contribution in [0, 0.1) is 0 Å². The Labute approximate surface area is 184 Å². The van der Waals surface area contributed by atoms with Crippen LogP contribution in [0.25, 0.3) is 0 Å². The number of hydrogen-bond donors (Lipinski definition) is 1. The number of tetrazole rings is 1. The molecule has 11 heteroatoms. The fourth-order valence-corrected chi connectivity index (χ4v) is 4.61. The van der Waals surface area contributed by atoms with Crippen molar-refractivity contribution in [1.82, 2.24) is 24.9 Å². The van der Waals surface area contributed by atoms with Crippen molar-refractivity contribution in [1.29, 1.82) is 0 Å². The third-order valence-electron chi connectivity index (χ3n) is 4.34. The molecule has 1 heterocycles. The third-order valence-corrected chi connectivity index (χ3v) is 6.53. The highest BCUT2D eigenvalue weighted by atomic mass is 35.5. The van der Waals surface area contributed by atoms with Gasteiger partial charge in [-0.3, -0.25) is 4.79 Å². The normalized spacial score (nSPS) is 12.6. The van der Waals surface area contributed by atoms with Gasteiger partial charge in [-0.05, 0) is 41.5 Å². The minimum absolute atomic E-state index is 0.0917. The monoisotopic (exact) mass is 467 g/mol. The largest absolute Gasteiger partial charge is 0.296 e. The molecule has 158 valence electrons. The van der Waals surface area contributed by atoms with Crippen molar-refractivity contribution in [2.75, 3.05) is 0 Å². The van der Waals surface area contributed by atoms with Crippen LogP contribution in [0.5, 0.6) is 0 Å². The molecule has 30 heavy (non-hydrogen) atoms. The van der Waals surface area contributed by atoms with Crippen molar-refractivity contribution in [2.24, 2.45) is 0 Å². The topological polar surface area (TPSA) is 107 Å². The van der Waals surface area contributed by atoms with Crippen molar-refractivity contribution in [2.45, 2.75) is 37.2 Å². The lowest BCUT2D eigenvalue weighted by molar-refractivity contribution is -0.121. The quantitative estimate of drug-likeness (QED) is 0.518. The number of Topliss-reactive ketones (excluding diaryl/α,β-unsaturated/α-hetero) is 1. The molecule has 0 saturated carbocycles. The number of sulfonamides is 1. The van der Waals surface area contributed by atoms with Crippen LogP contribution in [0.2, 0.25) is 10.0 Å². The molecule has 2 aromatic carbocycles. The second-order valence-corrected chi connectivity index (χ2v) is 9.00. The number of hydrogen-bond acceptors (Lipinski definition) is 6. The number of benzene rings is 2.